The van der Waals surface area contributed by atoms with Gasteiger partial charge in [-0.3, -0.25) is 0 Å². The highest BCUT2D eigenvalue weighted by molar-refractivity contribution is 5.15. The molecule has 0 saturated heterocycles. The molecule has 3 rings (SSSR count). The van der Waals surface area contributed by atoms with Gasteiger partial charge < -0.3 is 14.6 Å². The standard InChI is InChI=1S/C21H23FO3/c22-21-18(11-12-19(21)23)20(25-14-17-9-5-2-6-10-17)15-24-13-16-7-3-1-4-8-16/h1-12,18-21,23H,13-15H2/t18-,19-,20+,21-/m0/s1. The summed E-state index contributed by atoms with van der Waals surface area (Å²) in [7, 11) is 0. The van der Waals surface area contributed by atoms with Gasteiger partial charge in [0.1, 0.15) is 12.3 Å². The highest BCUT2D eigenvalue weighted by Gasteiger charge is 2.36. The van der Waals surface area contributed by atoms with Gasteiger partial charge in [-0.15, -0.1) is 0 Å². The third kappa shape index (κ3) is 4.98. The van der Waals surface area contributed by atoms with Gasteiger partial charge in [-0.25, -0.2) is 4.39 Å². The van der Waals surface area contributed by atoms with Crippen molar-refractivity contribution in [2.24, 2.45) is 5.92 Å². The van der Waals surface area contributed by atoms with Gasteiger partial charge in [0.2, 0.25) is 0 Å². The van der Waals surface area contributed by atoms with Crippen LogP contribution in [0.25, 0.3) is 0 Å². The molecular weight excluding hydrogens is 319 g/mol. The number of halogens is 1. The molecule has 0 radical (unpaired) electrons. The van der Waals surface area contributed by atoms with E-state index < -0.39 is 24.3 Å². The van der Waals surface area contributed by atoms with Gasteiger partial charge in [0.15, 0.2) is 0 Å². The van der Waals surface area contributed by atoms with Crippen LogP contribution >= 0.6 is 0 Å². The quantitative estimate of drug-likeness (QED) is 0.744. The molecular formula is C21H23FO3. The van der Waals surface area contributed by atoms with E-state index in [1.807, 2.05) is 60.7 Å². The number of benzene rings is 2. The first-order valence-corrected chi connectivity index (χ1v) is 8.51. The molecule has 4 atom stereocenters. The van der Waals surface area contributed by atoms with Gasteiger partial charge in [0.25, 0.3) is 0 Å². The molecule has 4 heteroatoms. The van der Waals surface area contributed by atoms with Gasteiger partial charge >= 0.3 is 0 Å². The van der Waals surface area contributed by atoms with Crippen LogP contribution in [0, 0.1) is 5.92 Å². The van der Waals surface area contributed by atoms with Crippen LogP contribution in [-0.4, -0.2) is 30.1 Å². The number of hydrogen-bond donors (Lipinski definition) is 1. The molecule has 25 heavy (non-hydrogen) atoms. The molecule has 1 aliphatic rings. The summed E-state index contributed by atoms with van der Waals surface area (Å²) in [6.07, 6.45) is 0.304. The molecule has 2 aromatic carbocycles. The Bertz CT molecular complexity index is 659. The number of aliphatic hydroxyl groups excluding tert-OH is 1. The molecule has 1 N–H and O–H groups in total. The van der Waals surface area contributed by atoms with Crippen molar-refractivity contribution in [1.29, 1.82) is 0 Å². The molecule has 0 aliphatic heterocycles. The van der Waals surface area contributed by atoms with Gasteiger partial charge in [-0.05, 0) is 11.1 Å². The fourth-order valence-corrected chi connectivity index (χ4v) is 2.93. The monoisotopic (exact) mass is 342 g/mol. The Morgan fingerprint density at radius 2 is 1.48 bits per heavy atom. The second kappa shape index (κ2) is 8.90. The Kier molecular flexibility index (Phi) is 6.34. The van der Waals surface area contributed by atoms with Crippen molar-refractivity contribution in [2.45, 2.75) is 31.6 Å². The zero-order valence-corrected chi connectivity index (χ0v) is 14.0. The first-order valence-electron chi connectivity index (χ1n) is 8.51. The number of alkyl halides is 1. The van der Waals surface area contributed by atoms with E-state index in [-0.39, 0.29) is 6.61 Å². The van der Waals surface area contributed by atoms with Gasteiger partial charge in [0, 0.05) is 5.92 Å². The molecule has 0 bridgehead atoms. The molecule has 1 aliphatic carbocycles. The highest BCUT2D eigenvalue weighted by Crippen LogP contribution is 2.28. The maximum absolute atomic E-state index is 14.3. The molecule has 0 unspecified atom stereocenters. The number of ether oxygens (including phenoxy) is 2. The lowest BCUT2D eigenvalue weighted by molar-refractivity contribution is -0.0691. The molecule has 0 amide bonds. The Balaban J connectivity index is 1.59. The molecule has 0 heterocycles. The lowest BCUT2D eigenvalue weighted by Crippen LogP contribution is -2.35. The van der Waals surface area contributed by atoms with Crippen molar-refractivity contribution in [2.75, 3.05) is 6.61 Å². The average molecular weight is 342 g/mol. The molecule has 0 saturated carbocycles. The maximum atomic E-state index is 14.3. The minimum absolute atomic E-state index is 0.268. The summed E-state index contributed by atoms with van der Waals surface area (Å²) in [5, 5.41) is 9.65. The third-order valence-corrected chi connectivity index (χ3v) is 4.35. The van der Waals surface area contributed by atoms with Gasteiger partial charge in [0.05, 0.1) is 25.9 Å². The summed E-state index contributed by atoms with van der Waals surface area (Å²) in [6, 6.07) is 19.6. The molecule has 0 spiro atoms. The normalized spacial score (nSPS) is 23.7. The van der Waals surface area contributed by atoms with Crippen molar-refractivity contribution in [3.05, 3.63) is 83.9 Å². The van der Waals surface area contributed by atoms with E-state index in [1.54, 1.807) is 6.08 Å². The van der Waals surface area contributed by atoms with E-state index >= 15 is 0 Å². The maximum Gasteiger partial charge on any atom is 0.138 e. The predicted octanol–water partition coefficient (Wildman–Crippen LogP) is 3.67. The zero-order valence-electron chi connectivity index (χ0n) is 14.0. The van der Waals surface area contributed by atoms with Crippen LogP contribution in [0.3, 0.4) is 0 Å². The smallest absolute Gasteiger partial charge is 0.138 e. The molecule has 0 fully saturated rings. The largest absolute Gasteiger partial charge is 0.386 e. The summed E-state index contributed by atoms with van der Waals surface area (Å²) in [4.78, 5) is 0. The van der Waals surface area contributed by atoms with E-state index in [0.29, 0.717) is 13.2 Å². The second-order valence-electron chi connectivity index (χ2n) is 6.23. The van der Waals surface area contributed by atoms with Crippen molar-refractivity contribution in [1.82, 2.24) is 0 Å². The molecule has 3 nitrogen and oxygen atoms in total. The van der Waals surface area contributed by atoms with E-state index in [4.69, 9.17) is 9.47 Å². The van der Waals surface area contributed by atoms with Crippen LogP contribution in [0.2, 0.25) is 0 Å². The van der Waals surface area contributed by atoms with Crippen molar-refractivity contribution in [3.8, 4) is 0 Å². The van der Waals surface area contributed by atoms with Crippen LogP contribution in [-0.2, 0) is 22.7 Å². The lowest BCUT2D eigenvalue weighted by atomic mass is 10.00. The zero-order chi connectivity index (χ0) is 17.5. The van der Waals surface area contributed by atoms with Crippen LogP contribution in [0.1, 0.15) is 11.1 Å². The SMILES string of the molecule is O[C@H]1C=C[C@@H]([C@@H](COCc2ccccc2)OCc2ccccc2)[C@@H]1F. The van der Waals surface area contributed by atoms with E-state index in [9.17, 15) is 9.50 Å². The average Bonchev–Trinajstić information content (AvgIpc) is 2.99. The summed E-state index contributed by atoms with van der Waals surface area (Å²) in [5.74, 6) is -0.505. The van der Waals surface area contributed by atoms with Crippen LogP contribution in [0.5, 0.6) is 0 Å². The molecule has 2 aromatic rings. The summed E-state index contributed by atoms with van der Waals surface area (Å²) in [6.45, 7) is 1.10. The summed E-state index contributed by atoms with van der Waals surface area (Å²) in [5.41, 5.74) is 2.08. The van der Waals surface area contributed by atoms with Crippen LogP contribution in [0.4, 0.5) is 4.39 Å². The third-order valence-electron chi connectivity index (χ3n) is 4.35. The molecule has 0 aromatic heterocycles. The van der Waals surface area contributed by atoms with Crippen molar-refractivity contribution >= 4 is 0 Å². The highest BCUT2D eigenvalue weighted by atomic mass is 19.1. The van der Waals surface area contributed by atoms with Crippen molar-refractivity contribution < 1.29 is 19.0 Å². The second-order valence-corrected chi connectivity index (χ2v) is 6.23. The Labute approximate surface area is 147 Å². The van der Waals surface area contributed by atoms with Gasteiger partial charge in [-0.1, -0.05) is 72.8 Å². The minimum Gasteiger partial charge on any atom is -0.386 e. The number of hydrogen-bond acceptors (Lipinski definition) is 3. The fourth-order valence-electron chi connectivity index (χ4n) is 2.93. The molecule has 132 valence electrons. The van der Waals surface area contributed by atoms with E-state index in [1.165, 1.54) is 6.08 Å². The first kappa shape index (κ1) is 17.8. The fraction of sp³-hybridized carbons (Fsp3) is 0.333. The van der Waals surface area contributed by atoms with E-state index in [0.717, 1.165) is 11.1 Å². The Hall–Kier alpha value is -2.01. The predicted molar refractivity (Wildman–Crippen MR) is 94.6 cm³/mol. The summed E-state index contributed by atoms with van der Waals surface area (Å²) >= 11 is 0. The lowest BCUT2D eigenvalue weighted by Gasteiger charge is -2.25. The Morgan fingerprint density at radius 1 is 0.880 bits per heavy atom. The summed E-state index contributed by atoms with van der Waals surface area (Å²) < 4.78 is 26.0. The van der Waals surface area contributed by atoms with Crippen LogP contribution in [0.15, 0.2) is 72.8 Å². The first-order chi connectivity index (χ1) is 12.2. The Morgan fingerprint density at radius 3 is 2.04 bits per heavy atom. The van der Waals surface area contributed by atoms with Crippen LogP contribution < -0.4 is 0 Å². The minimum atomic E-state index is -1.36. The topological polar surface area (TPSA) is 38.7 Å². The van der Waals surface area contributed by atoms with Crippen molar-refractivity contribution in [3.63, 3.8) is 0 Å². The number of rotatable bonds is 8. The van der Waals surface area contributed by atoms with Gasteiger partial charge in [-0.2, -0.15) is 0 Å². The van der Waals surface area contributed by atoms with E-state index in [2.05, 4.69) is 0 Å². The number of aliphatic hydroxyl groups is 1.